The Labute approximate surface area is 110 Å². The average Bonchev–Trinajstić information content (AvgIpc) is 2.77. The van der Waals surface area contributed by atoms with Crippen LogP contribution in [0.4, 0.5) is 0 Å². The Morgan fingerprint density at radius 2 is 2.22 bits per heavy atom. The van der Waals surface area contributed by atoms with Crippen LogP contribution in [-0.4, -0.2) is 34.6 Å². The van der Waals surface area contributed by atoms with Gasteiger partial charge in [0.15, 0.2) is 0 Å². The minimum atomic E-state index is -3.73. The predicted molar refractivity (Wildman–Crippen MR) is 69.1 cm³/mol. The lowest BCUT2D eigenvalue weighted by atomic mass is 10.3. The van der Waals surface area contributed by atoms with Gasteiger partial charge in [0.2, 0.25) is 10.0 Å². The SMILES string of the molecule is COCCCCNC(=O)c1csc(S(N)(=O)=O)c1. The Bertz CT molecular complexity index is 496. The molecule has 0 bridgehead atoms. The lowest BCUT2D eigenvalue weighted by Gasteiger charge is -2.03. The normalized spacial score (nSPS) is 11.4. The van der Waals surface area contributed by atoms with Crippen molar-refractivity contribution in [3.63, 3.8) is 0 Å². The summed E-state index contributed by atoms with van der Waals surface area (Å²) in [6.07, 6.45) is 1.68. The number of unbranched alkanes of at least 4 members (excludes halogenated alkanes) is 1. The van der Waals surface area contributed by atoms with E-state index in [0.29, 0.717) is 18.7 Å². The van der Waals surface area contributed by atoms with Gasteiger partial charge in [0.25, 0.3) is 5.91 Å². The minimum Gasteiger partial charge on any atom is -0.385 e. The summed E-state index contributed by atoms with van der Waals surface area (Å²) < 4.78 is 27.0. The van der Waals surface area contributed by atoms with Crippen LogP contribution in [0.15, 0.2) is 15.7 Å². The molecule has 0 fully saturated rings. The second kappa shape index (κ2) is 6.83. The monoisotopic (exact) mass is 292 g/mol. The van der Waals surface area contributed by atoms with Gasteiger partial charge in [-0.2, -0.15) is 0 Å². The number of ether oxygens (including phenoxy) is 1. The third kappa shape index (κ3) is 4.73. The second-order valence-corrected chi connectivity index (χ2v) is 6.35. The van der Waals surface area contributed by atoms with Crippen molar-refractivity contribution in [1.29, 1.82) is 0 Å². The third-order valence-electron chi connectivity index (χ3n) is 2.18. The highest BCUT2D eigenvalue weighted by Crippen LogP contribution is 2.18. The topological polar surface area (TPSA) is 98.5 Å². The molecule has 1 aromatic rings. The summed E-state index contributed by atoms with van der Waals surface area (Å²) in [5, 5.41) is 9.14. The summed E-state index contributed by atoms with van der Waals surface area (Å²) in [4.78, 5) is 11.6. The van der Waals surface area contributed by atoms with E-state index in [-0.39, 0.29) is 10.1 Å². The molecule has 18 heavy (non-hydrogen) atoms. The van der Waals surface area contributed by atoms with Crippen molar-refractivity contribution in [3.8, 4) is 0 Å². The molecule has 102 valence electrons. The first kappa shape index (κ1) is 15.1. The number of hydrogen-bond donors (Lipinski definition) is 2. The number of carbonyl (C=O) groups excluding carboxylic acids is 1. The molecule has 0 saturated heterocycles. The van der Waals surface area contributed by atoms with Gasteiger partial charge < -0.3 is 10.1 Å². The largest absolute Gasteiger partial charge is 0.385 e. The molecule has 3 N–H and O–H groups in total. The van der Waals surface area contributed by atoms with Crippen LogP contribution in [-0.2, 0) is 14.8 Å². The Balaban J connectivity index is 2.45. The molecule has 0 aliphatic heterocycles. The summed E-state index contributed by atoms with van der Waals surface area (Å²) in [6.45, 7) is 1.19. The van der Waals surface area contributed by atoms with Crippen molar-refractivity contribution in [1.82, 2.24) is 5.32 Å². The zero-order chi connectivity index (χ0) is 13.6. The Morgan fingerprint density at radius 1 is 1.50 bits per heavy atom. The van der Waals surface area contributed by atoms with E-state index in [1.54, 1.807) is 7.11 Å². The molecule has 1 heterocycles. The molecule has 0 atom stereocenters. The standard InChI is InChI=1S/C10H16N2O4S2/c1-16-5-3-2-4-12-10(13)8-6-9(17-7-8)18(11,14)15/h6-7H,2-5H2,1H3,(H,12,13)(H2,11,14,15). The van der Waals surface area contributed by atoms with Crippen molar-refractivity contribution < 1.29 is 17.9 Å². The third-order valence-corrected chi connectivity index (χ3v) is 4.57. The zero-order valence-electron chi connectivity index (χ0n) is 10.0. The van der Waals surface area contributed by atoms with E-state index in [1.165, 1.54) is 11.4 Å². The van der Waals surface area contributed by atoms with Crippen LogP contribution < -0.4 is 10.5 Å². The van der Waals surface area contributed by atoms with Crippen LogP contribution in [0.3, 0.4) is 0 Å². The highest BCUT2D eigenvalue weighted by molar-refractivity contribution is 7.91. The van der Waals surface area contributed by atoms with E-state index < -0.39 is 10.0 Å². The van der Waals surface area contributed by atoms with E-state index in [1.807, 2.05) is 0 Å². The van der Waals surface area contributed by atoms with E-state index in [9.17, 15) is 13.2 Å². The molecule has 8 heteroatoms. The van der Waals surface area contributed by atoms with Crippen molar-refractivity contribution >= 4 is 27.3 Å². The first-order valence-electron chi connectivity index (χ1n) is 5.33. The number of nitrogens with one attached hydrogen (secondary N) is 1. The average molecular weight is 292 g/mol. The van der Waals surface area contributed by atoms with Crippen molar-refractivity contribution in [3.05, 3.63) is 17.0 Å². The van der Waals surface area contributed by atoms with Gasteiger partial charge in [-0.3, -0.25) is 4.79 Å². The smallest absolute Gasteiger partial charge is 0.252 e. The fourth-order valence-corrected chi connectivity index (χ4v) is 2.85. The lowest BCUT2D eigenvalue weighted by Crippen LogP contribution is -2.24. The predicted octanol–water partition coefficient (Wildman–Crippen LogP) is 0.552. The summed E-state index contributed by atoms with van der Waals surface area (Å²) in [5.74, 6) is -0.293. The number of hydrogen-bond acceptors (Lipinski definition) is 5. The number of rotatable bonds is 7. The number of thiophene rings is 1. The van der Waals surface area contributed by atoms with Crippen LogP contribution in [0, 0.1) is 0 Å². The van der Waals surface area contributed by atoms with Gasteiger partial charge in [-0.1, -0.05) is 0 Å². The van der Waals surface area contributed by atoms with Crippen LogP contribution in [0.1, 0.15) is 23.2 Å². The van der Waals surface area contributed by atoms with E-state index in [0.717, 1.165) is 24.2 Å². The molecule has 1 aromatic heterocycles. The number of primary sulfonamides is 1. The first-order valence-corrected chi connectivity index (χ1v) is 7.76. The van der Waals surface area contributed by atoms with Gasteiger partial charge in [0.05, 0.1) is 5.56 Å². The van der Waals surface area contributed by atoms with Crippen LogP contribution in [0.2, 0.25) is 0 Å². The number of methoxy groups -OCH3 is 1. The molecule has 0 aliphatic rings. The molecular formula is C10H16N2O4S2. The highest BCUT2D eigenvalue weighted by atomic mass is 32.2. The van der Waals surface area contributed by atoms with E-state index in [4.69, 9.17) is 9.88 Å². The van der Waals surface area contributed by atoms with Gasteiger partial charge >= 0.3 is 0 Å². The summed E-state index contributed by atoms with van der Waals surface area (Å²) >= 11 is 0.938. The Kier molecular flexibility index (Phi) is 5.73. The number of nitrogens with two attached hydrogens (primary N) is 1. The molecule has 0 aliphatic carbocycles. The highest BCUT2D eigenvalue weighted by Gasteiger charge is 2.14. The van der Waals surface area contributed by atoms with Crippen molar-refractivity contribution in [2.24, 2.45) is 5.14 Å². The lowest BCUT2D eigenvalue weighted by molar-refractivity contribution is 0.0951. The summed E-state index contributed by atoms with van der Waals surface area (Å²) in [6, 6.07) is 1.28. The quantitative estimate of drug-likeness (QED) is 0.717. The van der Waals surface area contributed by atoms with Crippen LogP contribution in [0.25, 0.3) is 0 Å². The minimum absolute atomic E-state index is 0.00738. The fraction of sp³-hybridized carbons (Fsp3) is 0.500. The zero-order valence-corrected chi connectivity index (χ0v) is 11.6. The molecule has 0 radical (unpaired) electrons. The number of amides is 1. The molecule has 0 saturated carbocycles. The maximum atomic E-state index is 11.6. The molecule has 1 rings (SSSR count). The molecular weight excluding hydrogens is 276 g/mol. The number of carbonyl (C=O) groups is 1. The van der Waals surface area contributed by atoms with Gasteiger partial charge in [-0.05, 0) is 18.9 Å². The first-order chi connectivity index (χ1) is 8.45. The Hall–Kier alpha value is -0.960. The van der Waals surface area contributed by atoms with Gasteiger partial charge in [0.1, 0.15) is 4.21 Å². The maximum absolute atomic E-state index is 11.6. The van der Waals surface area contributed by atoms with Crippen molar-refractivity contribution in [2.75, 3.05) is 20.3 Å². The van der Waals surface area contributed by atoms with Crippen LogP contribution in [0.5, 0.6) is 0 Å². The molecule has 1 amide bonds. The molecule has 0 spiro atoms. The molecule has 6 nitrogen and oxygen atoms in total. The summed E-state index contributed by atoms with van der Waals surface area (Å²) in [7, 11) is -2.10. The van der Waals surface area contributed by atoms with E-state index in [2.05, 4.69) is 5.32 Å². The van der Waals surface area contributed by atoms with E-state index >= 15 is 0 Å². The van der Waals surface area contributed by atoms with Crippen LogP contribution >= 0.6 is 11.3 Å². The molecule has 0 aromatic carbocycles. The fourth-order valence-electron chi connectivity index (χ4n) is 1.26. The van der Waals surface area contributed by atoms with Gasteiger partial charge in [-0.25, -0.2) is 13.6 Å². The number of sulfonamides is 1. The second-order valence-electron chi connectivity index (χ2n) is 3.66. The summed E-state index contributed by atoms with van der Waals surface area (Å²) in [5.41, 5.74) is 0.316. The Morgan fingerprint density at radius 3 is 2.78 bits per heavy atom. The van der Waals surface area contributed by atoms with Gasteiger partial charge in [0, 0.05) is 25.6 Å². The molecule has 0 unspecified atom stereocenters. The van der Waals surface area contributed by atoms with Crippen molar-refractivity contribution in [2.45, 2.75) is 17.1 Å². The van der Waals surface area contributed by atoms with Gasteiger partial charge in [-0.15, -0.1) is 11.3 Å². The maximum Gasteiger partial charge on any atom is 0.252 e.